The van der Waals surface area contributed by atoms with Gasteiger partial charge in [-0.2, -0.15) is 0 Å². The largest absolute Gasteiger partial charge is 0.378 e. The summed E-state index contributed by atoms with van der Waals surface area (Å²) in [4.78, 5) is 6.23. The predicted octanol–water partition coefficient (Wildman–Crippen LogP) is 3.32. The fourth-order valence-electron chi connectivity index (χ4n) is 1.82. The molecule has 2 rings (SSSR count). The number of hydrogen-bond donors (Lipinski definition) is 1. The Hall–Kier alpha value is -2.03. The summed E-state index contributed by atoms with van der Waals surface area (Å²) in [5.41, 5.74) is 3.51. The molecule has 0 aliphatic carbocycles. The van der Waals surface area contributed by atoms with Crippen LogP contribution in [0.1, 0.15) is 18.5 Å². The number of hydrogen-bond acceptors (Lipinski definition) is 3. The van der Waals surface area contributed by atoms with Crippen LogP contribution in [0.4, 0.5) is 11.4 Å². The number of rotatable bonds is 4. The van der Waals surface area contributed by atoms with Crippen LogP contribution in [-0.4, -0.2) is 19.1 Å². The van der Waals surface area contributed by atoms with Gasteiger partial charge in [-0.3, -0.25) is 4.98 Å². The zero-order chi connectivity index (χ0) is 13.0. The van der Waals surface area contributed by atoms with E-state index in [0.29, 0.717) is 0 Å². The van der Waals surface area contributed by atoms with Crippen molar-refractivity contribution in [3.8, 4) is 0 Å². The summed E-state index contributed by atoms with van der Waals surface area (Å²) in [7, 11) is 4.08. The molecule has 0 saturated carbocycles. The highest BCUT2D eigenvalue weighted by atomic mass is 15.1. The highest BCUT2D eigenvalue weighted by Gasteiger charge is 2.04. The fraction of sp³-hybridized carbons (Fsp3) is 0.267. The second kappa shape index (κ2) is 5.54. The van der Waals surface area contributed by atoms with Crippen LogP contribution < -0.4 is 10.2 Å². The summed E-state index contributed by atoms with van der Waals surface area (Å²) in [6.45, 7) is 2.14. The minimum absolute atomic E-state index is 0.254. The third-order valence-corrected chi connectivity index (χ3v) is 2.95. The van der Waals surface area contributed by atoms with Crippen LogP contribution in [0.2, 0.25) is 0 Å². The third-order valence-electron chi connectivity index (χ3n) is 2.95. The van der Waals surface area contributed by atoms with E-state index in [1.54, 1.807) is 6.20 Å². The van der Waals surface area contributed by atoms with Crippen LogP contribution in [0.25, 0.3) is 0 Å². The molecule has 1 unspecified atom stereocenters. The SMILES string of the molecule is CC(Nc1ccc(N(C)C)cc1)c1cccnc1. The number of nitrogens with one attached hydrogen (secondary N) is 1. The molecule has 94 valence electrons. The molecule has 18 heavy (non-hydrogen) atoms. The van der Waals surface area contributed by atoms with Gasteiger partial charge in [0.25, 0.3) is 0 Å². The Morgan fingerprint density at radius 1 is 1.11 bits per heavy atom. The minimum atomic E-state index is 0.254. The van der Waals surface area contributed by atoms with E-state index in [4.69, 9.17) is 0 Å². The minimum Gasteiger partial charge on any atom is -0.378 e. The molecular formula is C15H19N3. The summed E-state index contributed by atoms with van der Waals surface area (Å²) in [6, 6.07) is 12.7. The van der Waals surface area contributed by atoms with Gasteiger partial charge in [-0.15, -0.1) is 0 Å². The molecule has 3 nitrogen and oxygen atoms in total. The van der Waals surface area contributed by atoms with Gasteiger partial charge in [-0.1, -0.05) is 6.07 Å². The number of benzene rings is 1. The Bertz CT molecular complexity index is 477. The van der Waals surface area contributed by atoms with Gasteiger partial charge in [0.15, 0.2) is 0 Å². The van der Waals surface area contributed by atoms with E-state index in [1.807, 2.05) is 26.4 Å². The van der Waals surface area contributed by atoms with Crippen molar-refractivity contribution in [3.63, 3.8) is 0 Å². The first-order valence-corrected chi connectivity index (χ1v) is 6.10. The molecule has 2 aromatic rings. The molecule has 1 atom stereocenters. The lowest BCUT2D eigenvalue weighted by Crippen LogP contribution is -2.09. The summed E-state index contributed by atoms with van der Waals surface area (Å²) >= 11 is 0. The zero-order valence-electron chi connectivity index (χ0n) is 11.1. The second-order valence-corrected chi connectivity index (χ2v) is 4.59. The summed E-state index contributed by atoms with van der Waals surface area (Å²) in [5.74, 6) is 0. The number of pyridine rings is 1. The molecule has 1 aromatic carbocycles. The van der Waals surface area contributed by atoms with E-state index in [1.165, 1.54) is 11.3 Å². The van der Waals surface area contributed by atoms with E-state index >= 15 is 0 Å². The van der Waals surface area contributed by atoms with Crippen LogP contribution in [0.5, 0.6) is 0 Å². The van der Waals surface area contributed by atoms with Crippen molar-refractivity contribution in [1.82, 2.24) is 4.98 Å². The van der Waals surface area contributed by atoms with Gasteiger partial charge >= 0.3 is 0 Å². The average molecular weight is 241 g/mol. The molecule has 0 fully saturated rings. The second-order valence-electron chi connectivity index (χ2n) is 4.59. The van der Waals surface area contributed by atoms with Gasteiger partial charge in [0.2, 0.25) is 0 Å². The smallest absolute Gasteiger partial charge is 0.0500 e. The van der Waals surface area contributed by atoms with Crippen molar-refractivity contribution in [1.29, 1.82) is 0 Å². The van der Waals surface area contributed by atoms with Gasteiger partial charge in [0.1, 0.15) is 0 Å². The Morgan fingerprint density at radius 3 is 2.39 bits per heavy atom. The van der Waals surface area contributed by atoms with Crippen molar-refractivity contribution < 1.29 is 0 Å². The van der Waals surface area contributed by atoms with E-state index in [9.17, 15) is 0 Å². The van der Waals surface area contributed by atoms with Crippen molar-refractivity contribution in [2.45, 2.75) is 13.0 Å². The molecule has 0 bridgehead atoms. The van der Waals surface area contributed by atoms with E-state index in [0.717, 1.165) is 5.69 Å². The maximum Gasteiger partial charge on any atom is 0.0500 e. The molecule has 3 heteroatoms. The normalized spacial score (nSPS) is 11.9. The van der Waals surface area contributed by atoms with Crippen LogP contribution in [0, 0.1) is 0 Å². The Balaban J connectivity index is 2.05. The van der Waals surface area contributed by atoms with Crippen molar-refractivity contribution >= 4 is 11.4 Å². The van der Waals surface area contributed by atoms with Gasteiger partial charge in [0, 0.05) is 37.9 Å². The maximum atomic E-state index is 4.14. The highest BCUT2D eigenvalue weighted by Crippen LogP contribution is 2.20. The summed E-state index contributed by atoms with van der Waals surface area (Å²) < 4.78 is 0. The average Bonchev–Trinajstić information content (AvgIpc) is 2.40. The quantitative estimate of drug-likeness (QED) is 0.890. The number of nitrogens with zero attached hydrogens (tertiary/aromatic N) is 2. The van der Waals surface area contributed by atoms with Crippen LogP contribution >= 0.6 is 0 Å². The van der Waals surface area contributed by atoms with Crippen LogP contribution in [-0.2, 0) is 0 Å². The fourth-order valence-corrected chi connectivity index (χ4v) is 1.82. The van der Waals surface area contributed by atoms with Crippen molar-refractivity contribution in [2.75, 3.05) is 24.3 Å². The van der Waals surface area contributed by atoms with Gasteiger partial charge in [0.05, 0.1) is 6.04 Å². The number of aromatic nitrogens is 1. The highest BCUT2D eigenvalue weighted by molar-refractivity contribution is 5.55. The lowest BCUT2D eigenvalue weighted by molar-refractivity contribution is 0.875. The molecule has 0 aliphatic rings. The first kappa shape index (κ1) is 12.4. The third kappa shape index (κ3) is 3.00. The van der Waals surface area contributed by atoms with Gasteiger partial charge in [-0.25, -0.2) is 0 Å². The molecular weight excluding hydrogens is 222 g/mol. The van der Waals surface area contributed by atoms with Crippen molar-refractivity contribution in [3.05, 3.63) is 54.4 Å². The van der Waals surface area contributed by atoms with E-state index in [-0.39, 0.29) is 6.04 Å². The molecule has 0 radical (unpaired) electrons. The molecule has 1 aromatic heterocycles. The van der Waals surface area contributed by atoms with E-state index < -0.39 is 0 Å². The Labute approximate surface area is 108 Å². The topological polar surface area (TPSA) is 28.2 Å². The monoisotopic (exact) mass is 241 g/mol. The number of anilines is 2. The molecule has 1 heterocycles. The Kier molecular flexibility index (Phi) is 3.82. The Morgan fingerprint density at radius 2 is 1.83 bits per heavy atom. The van der Waals surface area contributed by atoms with Crippen LogP contribution in [0.15, 0.2) is 48.8 Å². The van der Waals surface area contributed by atoms with E-state index in [2.05, 4.69) is 52.5 Å². The standard InChI is InChI=1S/C15H19N3/c1-12(13-5-4-10-16-11-13)17-14-6-8-15(9-7-14)18(2)3/h4-12,17H,1-3H3. The molecule has 1 N–H and O–H groups in total. The van der Waals surface area contributed by atoms with Crippen LogP contribution in [0.3, 0.4) is 0 Å². The van der Waals surface area contributed by atoms with Crippen molar-refractivity contribution in [2.24, 2.45) is 0 Å². The van der Waals surface area contributed by atoms with Gasteiger partial charge in [-0.05, 0) is 42.8 Å². The lowest BCUT2D eigenvalue weighted by atomic mass is 10.1. The lowest BCUT2D eigenvalue weighted by Gasteiger charge is -2.17. The molecule has 0 saturated heterocycles. The molecule has 0 aliphatic heterocycles. The first-order chi connectivity index (χ1) is 8.66. The first-order valence-electron chi connectivity index (χ1n) is 6.10. The summed E-state index contributed by atoms with van der Waals surface area (Å²) in [6.07, 6.45) is 3.69. The zero-order valence-corrected chi connectivity index (χ0v) is 11.1. The maximum absolute atomic E-state index is 4.14. The molecule has 0 spiro atoms. The summed E-state index contributed by atoms with van der Waals surface area (Å²) in [5, 5.41) is 3.47. The predicted molar refractivity (Wildman–Crippen MR) is 77.0 cm³/mol. The molecule has 0 amide bonds. The van der Waals surface area contributed by atoms with Gasteiger partial charge < -0.3 is 10.2 Å².